The first kappa shape index (κ1) is 14.8. The fourth-order valence-electron chi connectivity index (χ4n) is 1.21. The third-order valence-electron chi connectivity index (χ3n) is 2.02. The molecule has 0 heterocycles. The average Bonchev–Trinajstić information content (AvgIpc) is 2.19. The number of carbonyl (C=O) groups excluding carboxylic acids is 1. The Labute approximate surface area is 114 Å². The van der Waals surface area contributed by atoms with E-state index in [1.54, 1.807) is 0 Å². The summed E-state index contributed by atoms with van der Waals surface area (Å²) < 4.78 is 18.4. The zero-order valence-corrected chi connectivity index (χ0v) is 12.1. The van der Waals surface area contributed by atoms with Crippen LogP contribution >= 0.6 is 15.9 Å². The van der Waals surface area contributed by atoms with Crippen molar-refractivity contribution in [1.82, 2.24) is 5.32 Å². The van der Waals surface area contributed by atoms with Gasteiger partial charge in [-0.05, 0) is 48.8 Å². The van der Waals surface area contributed by atoms with Gasteiger partial charge in [-0.2, -0.15) is 0 Å². The standard InChI is InChI=1S/C12H16BrFN2O2/c1-12(2,3)16-11(17)18-6-7-4-8(13)9(14)5-10(7)15/h4-5H,6,15H2,1-3H3,(H,16,17). The quantitative estimate of drug-likeness (QED) is 0.823. The molecule has 3 N–H and O–H groups in total. The lowest BCUT2D eigenvalue weighted by Crippen LogP contribution is -2.40. The maximum absolute atomic E-state index is 13.1. The third kappa shape index (κ3) is 4.52. The van der Waals surface area contributed by atoms with E-state index in [4.69, 9.17) is 10.5 Å². The maximum atomic E-state index is 13.1. The highest BCUT2D eigenvalue weighted by atomic mass is 79.9. The molecule has 100 valence electrons. The molecule has 18 heavy (non-hydrogen) atoms. The highest BCUT2D eigenvalue weighted by molar-refractivity contribution is 9.10. The topological polar surface area (TPSA) is 64.3 Å². The van der Waals surface area contributed by atoms with Gasteiger partial charge in [-0.3, -0.25) is 0 Å². The summed E-state index contributed by atoms with van der Waals surface area (Å²) in [5, 5.41) is 2.65. The molecule has 0 fully saturated rings. The molecular formula is C12H16BrFN2O2. The van der Waals surface area contributed by atoms with Crippen molar-refractivity contribution in [2.45, 2.75) is 32.9 Å². The Hall–Kier alpha value is -1.30. The second-order valence-corrected chi connectivity index (χ2v) is 5.77. The summed E-state index contributed by atoms with van der Waals surface area (Å²) in [4.78, 5) is 11.4. The lowest BCUT2D eigenvalue weighted by Gasteiger charge is -2.20. The number of anilines is 1. The molecule has 0 saturated heterocycles. The van der Waals surface area contributed by atoms with Gasteiger partial charge in [-0.25, -0.2) is 9.18 Å². The van der Waals surface area contributed by atoms with Gasteiger partial charge in [0.25, 0.3) is 0 Å². The number of rotatable bonds is 2. The van der Waals surface area contributed by atoms with Crippen molar-refractivity contribution in [3.05, 3.63) is 28.0 Å². The highest BCUT2D eigenvalue weighted by Gasteiger charge is 2.15. The summed E-state index contributed by atoms with van der Waals surface area (Å²) in [6.45, 7) is 5.53. The van der Waals surface area contributed by atoms with Crippen LogP contribution in [-0.4, -0.2) is 11.6 Å². The number of alkyl carbamates (subject to hydrolysis) is 1. The van der Waals surface area contributed by atoms with Crippen LogP contribution < -0.4 is 11.1 Å². The Morgan fingerprint density at radius 2 is 2.11 bits per heavy atom. The van der Waals surface area contributed by atoms with Gasteiger partial charge in [0.05, 0.1) is 4.47 Å². The largest absolute Gasteiger partial charge is 0.445 e. The predicted octanol–water partition coefficient (Wildman–Crippen LogP) is 3.20. The first-order chi connectivity index (χ1) is 8.19. The highest BCUT2D eigenvalue weighted by Crippen LogP contribution is 2.23. The first-order valence-electron chi connectivity index (χ1n) is 5.37. The summed E-state index contributed by atoms with van der Waals surface area (Å²) >= 11 is 3.05. The minimum absolute atomic E-state index is 0.00731. The minimum atomic E-state index is -0.539. The van der Waals surface area contributed by atoms with Crippen molar-refractivity contribution in [1.29, 1.82) is 0 Å². The van der Waals surface area contributed by atoms with Gasteiger partial charge in [0.1, 0.15) is 12.4 Å². The van der Waals surface area contributed by atoms with Crippen molar-refractivity contribution in [3.63, 3.8) is 0 Å². The smallest absolute Gasteiger partial charge is 0.407 e. The molecule has 4 nitrogen and oxygen atoms in total. The van der Waals surface area contributed by atoms with Crippen LogP contribution in [0.1, 0.15) is 26.3 Å². The molecule has 0 unspecified atom stereocenters. The number of nitrogens with one attached hydrogen (secondary N) is 1. The first-order valence-corrected chi connectivity index (χ1v) is 6.16. The Kier molecular flexibility index (Phi) is 4.56. The number of benzene rings is 1. The number of carbonyl (C=O) groups is 1. The third-order valence-corrected chi connectivity index (χ3v) is 2.63. The molecule has 1 aromatic rings. The van der Waals surface area contributed by atoms with Crippen LogP contribution in [0.2, 0.25) is 0 Å². The van der Waals surface area contributed by atoms with Gasteiger partial charge in [0.15, 0.2) is 0 Å². The Balaban J connectivity index is 2.64. The van der Waals surface area contributed by atoms with Crippen LogP contribution in [0.15, 0.2) is 16.6 Å². The number of hydrogen-bond acceptors (Lipinski definition) is 3. The normalized spacial score (nSPS) is 11.2. The molecule has 0 spiro atoms. The molecule has 1 amide bonds. The van der Waals surface area contributed by atoms with Crippen molar-refractivity contribution >= 4 is 27.7 Å². The number of ether oxygens (including phenoxy) is 1. The molecule has 0 radical (unpaired) electrons. The van der Waals surface area contributed by atoms with E-state index in [1.165, 1.54) is 12.1 Å². The van der Waals surface area contributed by atoms with Crippen LogP contribution in [0.25, 0.3) is 0 Å². The van der Waals surface area contributed by atoms with E-state index in [1.807, 2.05) is 20.8 Å². The Bertz CT molecular complexity index is 458. The fourth-order valence-corrected chi connectivity index (χ4v) is 1.60. The molecule has 0 aliphatic carbocycles. The lowest BCUT2D eigenvalue weighted by molar-refractivity contribution is 0.131. The number of nitrogen functional groups attached to an aromatic ring is 1. The van der Waals surface area contributed by atoms with Gasteiger partial charge >= 0.3 is 6.09 Å². The molecule has 6 heteroatoms. The molecular weight excluding hydrogens is 303 g/mol. The van der Waals surface area contributed by atoms with Crippen LogP contribution in [-0.2, 0) is 11.3 Å². The van der Waals surface area contributed by atoms with E-state index >= 15 is 0 Å². The van der Waals surface area contributed by atoms with Crippen LogP contribution in [0, 0.1) is 5.82 Å². The molecule has 0 saturated carbocycles. The molecule has 0 aromatic heterocycles. The molecule has 0 atom stereocenters. The van der Waals surface area contributed by atoms with Crippen LogP contribution in [0.3, 0.4) is 0 Å². The summed E-state index contributed by atoms with van der Waals surface area (Å²) in [5.41, 5.74) is 6.06. The Morgan fingerprint density at radius 3 is 2.67 bits per heavy atom. The maximum Gasteiger partial charge on any atom is 0.407 e. The van der Waals surface area contributed by atoms with Crippen LogP contribution in [0.5, 0.6) is 0 Å². The van der Waals surface area contributed by atoms with Gasteiger partial charge in [0, 0.05) is 16.8 Å². The minimum Gasteiger partial charge on any atom is -0.445 e. The predicted molar refractivity (Wildman–Crippen MR) is 71.6 cm³/mol. The van der Waals surface area contributed by atoms with E-state index < -0.39 is 11.9 Å². The molecule has 1 rings (SSSR count). The van der Waals surface area contributed by atoms with Gasteiger partial charge in [-0.1, -0.05) is 0 Å². The number of amides is 1. The summed E-state index contributed by atoms with van der Waals surface area (Å²) in [6, 6.07) is 2.68. The van der Waals surface area contributed by atoms with E-state index in [-0.39, 0.29) is 22.3 Å². The van der Waals surface area contributed by atoms with Gasteiger partial charge < -0.3 is 15.8 Å². The number of halogens is 2. The molecule has 0 aliphatic rings. The average molecular weight is 319 g/mol. The van der Waals surface area contributed by atoms with E-state index in [0.29, 0.717) is 5.56 Å². The van der Waals surface area contributed by atoms with Gasteiger partial charge in [0.2, 0.25) is 0 Å². The zero-order valence-electron chi connectivity index (χ0n) is 10.5. The second-order valence-electron chi connectivity index (χ2n) is 4.92. The summed E-state index contributed by atoms with van der Waals surface area (Å²) in [5.74, 6) is -0.449. The van der Waals surface area contributed by atoms with E-state index in [9.17, 15) is 9.18 Å². The number of hydrogen-bond donors (Lipinski definition) is 2. The Morgan fingerprint density at radius 1 is 1.50 bits per heavy atom. The van der Waals surface area contributed by atoms with Crippen molar-refractivity contribution in [2.75, 3.05) is 5.73 Å². The summed E-state index contributed by atoms with van der Waals surface area (Å²) in [6.07, 6.45) is -0.539. The second kappa shape index (κ2) is 5.56. The fraction of sp³-hybridized carbons (Fsp3) is 0.417. The monoisotopic (exact) mass is 318 g/mol. The van der Waals surface area contributed by atoms with Gasteiger partial charge in [-0.15, -0.1) is 0 Å². The molecule has 0 bridgehead atoms. The zero-order chi connectivity index (χ0) is 13.9. The molecule has 1 aromatic carbocycles. The summed E-state index contributed by atoms with van der Waals surface area (Å²) in [7, 11) is 0. The SMILES string of the molecule is CC(C)(C)NC(=O)OCc1cc(Br)c(F)cc1N. The van der Waals surface area contributed by atoms with Crippen molar-refractivity contribution < 1.29 is 13.9 Å². The van der Waals surface area contributed by atoms with Crippen LogP contribution in [0.4, 0.5) is 14.9 Å². The van der Waals surface area contributed by atoms with E-state index in [2.05, 4.69) is 21.2 Å². The lowest BCUT2D eigenvalue weighted by atomic mass is 10.1. The van der Waals surface area contributed by atoms with Crippen molar-refractivity contribution in [2.24, 2.45) is 0 Å². The number of nitrogens with two attached hydrogens (primary N) is 1. The molecule has 0 aliphatic heterocycles. The van der Waals surface area contributed by atoms with Crippen molar-refractivity contribution in [3.8, 4) is 0 Å². The van der Waals surface area contributed by atoms with E-state index in [0.717, 1.165) is 0 Å².